The molecule has 1 aromatic rings. The van der Waals surface area contributed by atoms with Crippen molar-refractivity contribution < 1.29 is 9.53 Å². The molecule has 2 N–H and O–H groups in total. The summed E-state index contributed by atoms with van der Waals surface area (Å²) in [4.78, 5) is 14.2. The van der Waals surface area contributed by atoms with Crippen LogP contribution in [-0.4, -0.2) is 36.0 Å². The van der Waals surface area contributed by atoms with Gasteiger partial charge in [-0.2, -0.15) is 0 Å². The Bertz CT molecular complexity index is 465. The number of likely N-dealkylation sites (tertiary alicyclic amines) is 1. The summed E-state index contributed by atoms with van der Waals surface area (Å²) in [7, 11) is 0. The Labute approximate surface area is 114 Å². The molecular formula is C15H22N2O2. The Morgan fingerprint density at radius 2 is 2.05 bits per heavy atom. The molecule has 1 aromatic carbocycles. The van der Waals surface area contributed by atoms with Crippen LogP contribution in [0.15, 0.2) is 24.3 Å². The van der Waals surface area contributed by atoms with Crippen LogP contribution < -0.4 is 10.5 Å². The van der Waals surface area contributed by atoms with E-state index in [1.54, 1.807) is 11.0 Å². The highest BCUT2D eigenvalue weighted by Crippen LogP contribution is 2.29. The SMILES string of the molecule is CCOc1ccccc1C(=O)N1CC(N)(C(C)C)C1. The van der Waals surface area contributed by atoms with Crippen molar-refractivity contribution in [1.29, 1.82) is 0 Å². The molecule has 0 saturated carbocycles. The highest BCUT2D eigenvalue weighted by Gasteiger charge is 2.44. The first-order chi connectivity index (χ1) is 8.98. The van der Waals surface area contributed by atoms with Gasteiger partial charge in [-0.05, 0) is 25.0 Å². The third-order valence-corrected chi connectivity index (χ3v) is 3.82. The fourth-order valence-corrected chi connectivity index (χ4v) is 2.27. The van der Waals surface area contributed by atoms with Crippen LogP contribution in [0.3, 0.4) is 0 Å². The van der Waals surface area contributed by atoms with Crippen LogP contribution in [0, 0.1) is 5.92 Å². The molecule has 1 saturated heterocycles. The third-order valence-electron chi connectivity index (χ3n) is 3.82. The zero-order valence-corrected chi connectivity index (χ0v) is 11.8. The van der Waals surface area contributed by atoms with Crippen molar-refractivity contribution in [3.63, 3.8) is 0 Å². The van der Waals surface area contributed by atoms with Gasteiger partial charge in [0.25, 0.3) is 5.91 Å². The molecule has 1 heterocycles. The van der Waals surface area contributed by atoms with Gasteiger partial charge < -0.3 is 15.4 Å². The molecule has 1 amide bonds. The molecule has 1 aliphatic heterocycles. The van der Waals surface area contributed by atoms with E-state index < -0.39 is 0 Å². The summed E-state index contributed by atoms with van der Waals surface area (Å²) >= 11 is 0. The maximum atomic E-state index is 12.4. The maximum absolute atomic E-state index is 12.4. The van der Waals surface area contributed by atoms with Crippen molar-refractivity contribution in [2.75, 3.05) is 19.7 Å². The van der Waals surface area contributed by atoms with Crippen molar-refractivity contribution in [1.82, 2.24) is 4.90 Å². The first-order valence-electron chi connectivity index (χ1n) is 6.78. The lowest BCUT2D eigenvalue weighted by Crippen LogP contribution is -2.71. The van der Waals surface area contributed by atoms with E-state index in [-0.39, 0.29) is 11.4 Å². The Hall–Kier alpha value is -1.55. The molecule has 1 fully saturated rings. The van der Waals surface area contributed by atoms with Crippen LogP contribution in [0.2, 0.25) is 0 Å². The molecule has 2 rings (SSSR count). The lowest BCUT2D eigenvalue weighted by atomic mass is 9.80. The molecule has 0 spiro atoms. The number of rotatable bonds is 4. The van der Waals surface area contributed by atoms with E-state index in [1.165, 1.54) is 0 Å². The predicted molar refractivity (Wildman–Crippen MR) is 75.3 cm³/mol. The fraction of sp³-hybridized carbons (Fsp3) is 0.533. The minimum absolute atomic E-state index is 0.00535. The summed E-state index contributed by atoms with van der Waals surface area (Å²) in [6.07, 6.45) is 0. The summed E-state index contributed by atoms with van der Waals surface area (Å²) < 4.78 is 5.50. The average Bonchev–Trinajstić information content (AvgIpc) is 2.35. The number of para-hydroxylation sites is 1. The number of nitrogens with zero attached hydrogens (tertiary/aromatic N) is 1. The van der Waals surface area contributed by atoms with E-state index in [2.05, 4.69) is 13.8 Å². The van der Waals surface area contributed by atoms with Gasteiger partial charge in [-0.15, -0.1) is 0 Å². The zero-order valence-electron chi connectivity index (χ0n) is 11.8. The standard InChI is InChI=1S/C15H22N2O2/c1-4-19-13-8-6-5-7-12(13)14(18)17-9-15(16,10-17)11(2)3/h5-8,11H,4,9-10,16H2,1-3H3. The number of carbonyl (C=O) groups is 1. The van der Waals surface area contributed by atoms with E-state index in [0.717, 1.165) is 0 Å². The molecule has 0 bridgehead atoms. The second-order valence-corrected chi connectivity index (χ2v) is 5.48. The van der Waals surface area contributed by atoms with Gasteiger partial charge in [0.15, 0.2) is 0 Å². The van der Waals surface area contributed by atoms with Crippen LogP contribution in [0.25, 0.3) is 0 Å². The number of carbonyl (C=O) groups excluding carboxylic acids is 1. The van der Waals surface area contributed by atoms with Gasteiger partial charge in [0, 0.05) is 13.1 Å². The van der Waals surface area contributed by atoms with Gasteiger partial charge >= 0.3 is 0 Å². The van der Waals surface area contributed by atoms with Gasteiger partial charge in [0.05, 0.1) is 17.7 Å². The third kappa shape index (κ3) is 2.59. The molecule has 4 heteroatoms. The Kier molecular flexibility index (Phi) is 3.80. The predicted octanol–water partition coefficient (Wildman–Crippen LogP) is 1.89. The molecular weight excluding hydrogens is 240 g/mol. The number of nitrogens with two attached hydrogens (primary N) is 1. The van der Waals surface area contributed by atoms with Crippen LogP contribution in [-0.2, 0) is 0 Å². The Morgan fingerprint density at radius 3 is 2.63 bits per heavy atom. The number of hydrogen-bond acceptors (Lipinski definition) is 3. The lowest BCUT2D eigenvalue weighted by molar-refractivity contribution is 0.0272. The number of benzene rings is 1. The first kappa shape index (κ1) is 13.9. The van der Waals surface area contributed by atoms with Gasteiger partial charge in [0.2, 0.25) is 0 Å². The van der Waals surface area contributed by atoms with Gasteiger partial charge in [-0.25, -0.2) is 0 Å². The molecule has 4 nitrogen and oxygen atoms in total. The Morgan fingerprint density at radius 1 is 1.42 bits per heavy atom. The summed E-state index contributed by atoms with van der Waals surface area (Å²) in [5, 5.41) is 0. The summed E-state index contributed by atoms with van der Waals surface area (Å²) in [6, 6.07) is 7.36. The topological polar surface area (TPSA) is 55.6 Å². The molecule has 0 aliphatic carbocycles. The lowest BCUT2D eigenvalue weighted by Gasteiger charge is -2.50. The van der Waals surface area contributed by atoms with Crippen molar-refractivity contribution >= 4 is 5.91 Å². The van der Waals surface area contributed by atoms with Crippen LogP contribution in [0.4, 0.5) is 0 Å². The summed E-state index contributed by atoms with van der Waals surface area (Å²) in [5.74, 6) is 1.03. The monoisotopic (exact) mass is 262 g/mol. The van der Waals surface area contributed by atoms with Crippen LogP contribution in [0.5, 0.6) is 5.75 Å². The summed E-state index contributed by atoms with van der Waals surface area (Å²) in [5.41, 5.74) is 6.60. The Balaban J connectivity index is 2.10. The molecule has 104 valence electrons. The van der Waals surface area contributed by atoms with E-state index in [0.29, 0.717) is 36.9 Å². The second kappa shape index (κ2) is 5.21. The second-order valence-electron chi connectivity index (χ2n) is 5.48. The van der Waals surface area contributed by atoms with E-state index >= 15 is 0 Å². The fourth-order valence-electron chi connectivity index (χ4n) is 2.27. The quantitative estimate of drug-likeness (QED) is 0.901. The molecule has 0 radical (unpaired) electrons. The van der Waals surface area contributed by atoms with E-state index in [1.807, 2.05) is 25.1 Å². The summed E-state index contributed by atoms with van der Waals surface area (Å²) in [6.45, 7) is 7.88. The van der Waals surface area contributed by atoms with Crippen molar-refractivity contribution in [2.24, 2.45) is 11.7 Å². The largest absolute Gasteiger partial charge is 0.493 e. The van der Waals surface area contributed by atoms with Crippen molar-refractivity contribution in [3.05, 3.63) is 29.8 Å². The minimum atomic E-state index is -0.240. The van der Waals surface area contributed by atoms with E-state index in [9.17, 15) is 4.79 Å². The van der Waals surface area contributed by atoms with Crippen LogP contribution >= 0.6 is 0 Å². The highest BCUT2D eigenvalue weighted by molar-refractivity contribution is 5.97. The van der Waals surface area contributed by atoms with Crippen molar-refractivity contribution in [3.8, 4) is 5.75 Å². The van der Waals surface area contributed by atoms with Gasteiger partial charge in [-0.1, -0.05) is 26.0 Å². The highest BCUT2D eigenvalue weighted by atomic mass is 16.5. The number of ether oxygens (including phenoxy) is 1. The molecule has 0 atom stereocenters. The van der Waals surface area contributed by atoms with Gasteiger partial charge in [0.1, 0.15) is 5.75 Å². The maximum Gasteiger partial charge on any atom is 0.257 e. The number of amides is 1. The van der Waals surface area contributed by atoms with E-state index in [4.69, 9.17) is 10.5 Å². The molecule has 1 aliphatic rings. The van der Waals surface area contributed by atoms with Crippen LogP contribution in [0.1, 0.15) is 31.1 Å². The first-order valence-corrected chi connectivity index (χ1v) is 6.78. The van der Waals surface area contributed by atoms with Gasteiger partial charge in [-0.3, -0.25) is 4.79 Å². The molecule has 0 aromatic heterocycles. The normalized spacial score (nSPS) is 17.2. The minimum Gasteiger partial charge on any atom is -0.493 e. The molecule has 19 heavy (non-hydrogen) atoms. The average molecular weight is 262 g/mol. The smallest absolute Gasteiger partial charge is 0.257 e. The zero-order chi connectivity index (χ0) is 14.0. The van der Waals surface area contributed by atoms with Crippen molar-refractivity contribution in [2.45, 2.75) is 26.3 Å². The molecule has 0 unspecified atom stereocenters. The number of hydrogen-bond donors (Lipinski definition) is 1.